The number of likely N-dealkylation sites (tertiary alicyclic amines) is 1. The molecular formula is C15H19NO. The van der Waals surface area contributed by atoms with Gasteiger partial charge in [-0.3, -0.25) is 4.79 Å². The van der Waals surface area contributed by atoms with E-state index in [1.807, 2.05) is 6.07 Å². The number of hydrogen-bond acceptors (Lipinski definition) is 1. The first-order valence-corrected chi connectivity index (χ1v) is 6.65. The summed E-state index contributed by atoms with van der Waals surface area (Å²) in [5.41, 5.74) is 2.62. The minimum absolute atomic E-state index is 0.145. The molecule has 1 aromatic rings. The van der Waals surface area contributed by atoms with E-state index in [1.165, 1.54) is 30.4 Å². The van der Waals surface area contributed by atoms with Gasteiger partial charge in [0.05, 0.1) is 5.92 Å². The third-order valence-corrected chi connectivity index (χ3v) is 4.24. The lowest BCUT2D eigenvalue weighted by atomic mass is 9.76. The SMILES string of the molecule is CC1CCCCN1C(=O)C1Cc2ccccc21. The zero-order valence-electron chi connectivity index (χ0n) is 10.4. The lowest BCUT2D eigenvalue weighted by molar-refractivity contribution is -0.136. The molecule has 1 saturated heterocycles. The summed E-state index contributed by atoms with van der Waals surface area (Å²) in [7, 11) is 0. The molecule has 0 radical (unpaired) electrons. The average Bonchev–Trinajstić information content (AvgIpc) is 2.31. The molecule has 3 rings (SSSR count). The predicted molar refractivity (Wildman–Crippen MR) is 67.9 cm³/mol. The van der Waals surface area contributed by atoms with Crippen molar-refractivity contribution in [2.24, 2.45) is 0 Å². The number of piperidine rings is 1. The van der Waals surface area contributed by atoms with Crippen molar-refractivity contribution in [1.82, 2.24) is 4.90 Å². The number of hydrogen-bond donors (Lipinski definition) is 0. The maximum Gasteiger partial charge on any atom is 0.230 e. The highest BCUT2D eigenvalue weighted by Gasteiger charge is 2.36. The van der Waals surface area contributed by atoms with Gasteiger partial charge in [0.25, 0.3) is 0 Å². The Morgan fingerprint density at radius 1 is 1.29 bits per heavy atom. The van der Waals surface area contributed by atoms with Gasteiger partial charge in [-0.05, 0) is 43.7 Å². The fourth-order valence-electron chi connectivity index (χ4n) is 3.10. The number of rotatable bonds is 1. The second-order valence-electron chi connectivity index (χ2n) is 5.33. The van der Waals surface area contributed by atoms with Gasteiger partial charge in [0, 0.05) is 12.6 Å². The monoisotopic (exact) mass is 229 g/mol. The maximum atomic E-state index is 12.5. The van der Waals surface area contributed by atoms with E-state index >= 15 is 0 Å². The first-order valence-electron chi connectivity index (χ1n) is 6.65. The van der Waals surface area contributed by atoms with Crippen LogP contribution in [-0.2, 0) is 11.2 Å². The molecule has 2 atom stereocenters. The predicted octanol–water partition coefficient (Wildman–Crippen LogP) is 2.73. The van der Waals surface area contributed by atoms with Crippen LogP contribution in [0.5, 0.6) is 0 Å². The van der Waals surface area contributed by atoms with Crippen LogP contribution in [0.4, 0.5) is 0 Å². The summed E-state index contributed by atoms with van der Waals surface area (Å²) in [5, 5.41) is 0. The summed E-state index contributed by atoms with van der Waals surface area (Å²) >= 11 is 0. The van der Waals surface area contributed by atoms with Crippen molar-refractivity contribution < 1.29 is 4.79 Å². The first kappa shape index (κ1) is 10.8. The summed E-state index contributed by atoms with van der Waals surface area (Å²) in [6.07, 6.45) is 4.55. The van der Waals surface area contributed by atoms with E-state index in [-0.39, 0.29) is 5.92 Å². The quantitative estimate of drug-likeness (QED) is 0.725. The number of nitrogens with zero attached hydrogens (tertiary/aromatic N) is 1. The molecule has 1 heterocycles. The minimum atomic E-state index is 0.145. The van der Waals surface area contributed by atoms with Gasteiger partial charge in [-0.15, -0.1) is 0 Å². The van der Waals surface area contributed by atoms with Gasteiger partial charge in [0.15, 0.2) is 0 Å². The number of carbonyl (C=O) groups is 1. The molecule has 2 heteroatoms. The minimum Gasteiger partial charge on any atom is -0.339 e. The van der Waals surface area contributed by atoms with Gasteiger partial charge >= 0.3 is 0 Å². The number of carbonyl (C=O) groups excluding carboxylic acids is 1. The standard InChI is InChI=1S/C15H19NO/c1-11-6-4-5-9-16(11)15(17)14-10-12-7-2-3-8-13(12)14/h2-3,7-8,11,14H,4-6,9-10H2,1H3. The molecule has 0 aromatic heterocycles. The van der Waals surface area contributed by atoms with Crippen molar-refractivity contribution in [2.45, 2.75) is 44.6 Å². The smallest absolute Gasteiger partial charge is 0.230 e. The highest BCUT2D eigenvalue weighted by atomic mass is 16.2. The molecule has 0 saturated carbocycles. The zero-order valence-corrected chi connectivity index (χ0v) is 10.4. The lowest BCUT2D eigenvalue weighted by Gasteiger charge is -2.39. The van der Waals surface area contributed by atoms with Crippen LogP contribution in [-0.4, -0.2) is 23.4 Å². The van der Waals surface area contributed by atoms with Crippen LogP contribution in [0.2, 0.25) is 0 Å². The summed E-state index contributed by atoms with van der Waals surface area (Å²) in [6, 6.07) is 8.78. The lowest BCUT2D eigenvalue weighted by Crippen LogP contribution is -2.46. The molecule has 1 aliphatic heterocycles. The molecule has 2 unspecified atom stereocenters. The topological polar surface area (TPSA) is 20.3 Å². The highest BCUT2D eigenvalue weighted by Crippen LogP contribution is 2.37. The molecule has 90 valence electrons. The molecule has 1 aliphatic carbocycles. The highest BCUT2D eigenvalue weighted by molar-refractivity contribution is 5.87. The largest absolute Gasteiger partial charge is 0.339 e. The van der Waals surface area contributed by atoms with E-state index in [2.05, 4.69) is 30.0 Å². The van der Waals surface area contributed by atoms with Crippen LogP contribution in [0, 0.1) is 0 Å². The normalized spacial score (nSPS) is 27.2. The molecule has 0 N–H and O–H groups in total. The van der Waals surface area contributed by atoms with Crippen LogP contribution >= 0.6 is 0 Å². The van der Waals surface area contributed by atoms with Crippen LogP contribution in [0.15, 0.2) is 24.3 Å². The molecular weight excluding hydrogens is 210 g/mol. The van der Waals surface area contributed by atoms with Crippen molar-refractivity contribution in [3.63, 3.8) is 0 Å². The molecule has 2 aliphatic rings. The fourth-order valence-corrected chi connectivity index (χ4v) is 3.10. The van der Waals surface area contributed by atoms with Crippen molar-refractivity contribution >= 4 is 5.91 Å². The van der Waals surface area contributed by atoms with Gasteiger partial charge in [-0.1, -0.05) is 24.3 Å². The van der Waals surface area contributed by atoms with Crippen LogP contribution < -0.4 is 0 Å². The Morgan fingerprint density at radius 3 is 2.88 bits per heavy atom. The number of benzene rings is 1. The zero-order chi connectivity index (χ0) is 11.8. The second kappa shape index (κ2) is 4.17. The Labute approximate surface area is 103 Å². The Balaban J connectivity index is 1.76. The molecule has 0 bridgehead atoms. The van der Waals surface area contributed by atoms with Crippen molar-refractivity contribution in [2.75, 3.05) is 6.54 Å². The molecule has 0 spiro atoms. The summed E-state index contributed by atoms with van der Waals surface area (Å²) in [4.78, 5) is 14.6. The van der Waals surface area contributed by atoms with Crippen LogP contribution in [0.25, 0.3) is 0 Å². The van der Waals surface area contributed by atoms with Gasteiger partial charge < -0.3 is 4.90 Å². The van der Waals surface area contributed by atoms with E-state index in [0.29, 0.717) is 11.9 Å². The summed E-state index contributed by atoms with van der Waals surface area (Å²) < 4.78 is 0. The maximum absolute atomic E-state index is 12.5. The van der Waals surface area contributed by atoms with Gasteiger partial charge in [-0.25, -0.2) is 0 Å². The van der Waals surface area contributed by atoms with Crippen LogP contribution in [0.1, 0.15) is 43.2 Å². The average molecular weight is 229 g/mol. The van der Waals surface area contributed by atoms with Crippen molar-refractivity contribution in [1.29, 1.82) is 0 Å². The fraction of sp³-hybridized carbons (Fsp3) is 0.533. The molecule has 2 nitrogen and oxygen atoms in total. The molecule has 1 fully saturated rings. The Morgan fingerprint density at radius 2 is 2.12 bits per heavy atom. The third-order valence-electron chi connectivity index (χ3n) is 4.24. The van der Waals surface area contributed by atoms with E-state index < -0.39 is 0 Å². The van der Waals surface area contributed by atoms with E-state index in [0.717, 1.165) is 13.0 Å². The summed E-state index contributed by atoms with van der Waals surface area (Å²) in [6.45, 7) is 3.14. The number of amides is 1. The van der Waals surface area contributed by atoms with Gasteiger partial charge in [0.2, 0.25) is 5.91 Å². The van der Waals surface area contributed by atoms with E-state index in [1.54, 1.807) is 0 Å². The van der Waals surface area contributed by atoms with Gasteiger partial charge in [0.1, 0.15) is 0 Å². The summed E-state index contributed by atoms with van der Waals surface area (Å²) in [5.74, 6) is 0.502. The second-order valence-corrected chi connectivity index (χ2v) is 5.33. The Kier molecular flexibility index (Phi) is 2.65. The molecule has 17 heavy (non-hydrogen) atoms. The molecule has 1 aromatic carbocycles. The molecule has 1 amide bonds. The van der Waals surface area contributed by atoms with E-state index in [4.69, 9.17) is 0 Å². The Bertz CT molecular complexity index is 440. The van der Waals surface area contributed by atoms with Gasteiger partial charge in [-0.2, -0.15) is 0 Å². The van der Waals surface area contributed by atoms with E-state index in [9.17, 15) is 4.79 Å². The number of fused-ring (bicyclic) bond motifs is 1. The van der Waals surface area contributed by atoms with Crippen molar-refractivity contribution in [3.05, 3.63) is 35.4 Å². The Hall–Kier alpha value is -1.31. The third kappa shape index (κ3) is 1.76. The van der Waals surface area contributed by atoms with Crippen molar-refractivity contribution in [3.8, 4) is 0 Å². The first-order chi connectivity index (χ1) is 8.27. The van der Waals surface area contributed by atoms with Crippen LogP contribution in [0.3, 0.4) is 0 Å².